The molecule has 2 N–H and O–H groups in total. The highest BCUT2D eigenvalue weighted by molar-refractivity contribution is 14.0. The van der Waals surface area contributed by atoms with E-state index in [2.05, 4.69) is 34.3 Å². The van der Waals surface area contributed by atoms with Gasteiger partial charge in [0.2, 0.25) is 0 Å². The van der Waals surface area contributed by atoms with Crippen molar-refractivity contribution in [1.29, 1.82) is 0 Å². The lowest BCUT2D eigenvalue weighted by Gasteiger charge is -2.24. The van der Waals surface area contributed by atoms with Crippen LogP contribution in [0.1, 0.15) is 25.3 Å². The molecule has 0 aliphatic carbocycles. The van der Waals surface area contributed by atoms with E-state index in [0.717, 1.165) is 24.1 Å². The molecule has 2 rings (SSSR count). The minimum absolute atomic E-state index is 0. The summed E-state index contributed by atoms with van der Waals surface area (Å²) >= 11 is 7.93. The topological polar surface area (TPSA) is 36.4 Å². The fraction of sp³-hybridized carbons (Fsp3) is 0.533. The third-order valence-electron chi connectivity index (χ3n) is 3.53. The first kappa shape index (κ1) is 18.9. The smallest absolute Gasteiger partial charge is 0.191 e. The van der Waals surface area contributed by atoms with E-state index in [0.29, 0.717) is 4.75 Å². The summed E-state index contributed by atoms with van der Waals surface area (Å²) in [4.78, 5) is 4.27. The second-order valence-corrected chi connectivity index (χ2v) is 7.43. The minimum Gasteiger partial charge on any atom is -0.355 e. The molecule has 1 aromatic rings. The second kappa shape index (κ2) is 9.10. The highest BCUT2D eigenvalue weighted by Gasteiger charge is 2.29. The maximum absolute atomic E-state index is 5.88. The Kier molecular flexibility index (Phi) is 8.19. The van der Waals surface area contributed by atoms with E-state index in [-0.39, 0.29) is 24.0 Å². The van der Waals surface area contributed by atoms with E-state index in [9.17, 15) is 0 Å². The van der Waals surface area contributed by atoms with Crippen LogP contribution in [0.25, 0.3) is 0 Å². The van der Waals surface area contributed by atoms with Gasteiger partial charge < -0.3 is 10.6 Å². The number of thioether (sulfide) groups is 1. The molecule has 1 aliphatic rings. The standard InChI is InChI=1S/C15H22ClN3S.HI/c1-15(8-3-9-20-15)11-19-14(17-2)18-10-12-4-6-13(16)7-5-12;/h4-7H,3,8-11H2,1-2H3,(H2,17,18,19);1H. The summed E-state index contributed by atoms with van der Waals surface area (Å²) in [5.41, 5.74) is 1.19. The molecule has 3 nitrogen and oxygen atoms in total. The molecular formula is C15H23ClIN3S. The Hall–Kier alpha value is -0.140. The van der Waals surface area contributed by atoms with Crippen LogP contribution in [0.3, 0.4) is 0 Å². The lowest BCUT2D eigenvalue weighted by Crippen LogP contribution is -2.43. The summed E-state index contributed by atoms with van der Waals surface area (Å²) in [5.74, 6) is 2.13. The number of halogens is 2. The first-order valence-corrected chi connectivity index (χ1v) is 8.31. The number of hydrogen-bond acceptors (Lipinski definition) is 2. The average molecular weight is 440 g/mol. The van der Waals surface area contributed by atoms with Crippen molar-refractivity contribution in [3.8, 4) is 0 Å². The molecule has 1 aliphatic heterocycles. The number of nitrogens with one attached hydrogen (secondary N) is 2. The van der Waals surface area contributed by atoms with E-state index in [4.69, 9.17) is 11.6 Å². The largest absolute Gasteiger partial charge is 0.355 e. The first-order valence-electron chi connectivity index (χ1n) is 6.94. The molecule has 0 bridgehead atoms. The molecule has 0 spiro atoms. The van der Waals surface area contributed by atoms with Crippen LogP contribution in [0.15, 0.2) is 29.3 Å². The average Bonchev–Trinajstić information content (AvgIpc) is 2.88. The number of rotatable bonds is 4. The monoisotopic (exact) mass is 439 g/mol. The number of benzene rings is 1. The lowest BCUT2D eigenvalue weighted by molar-refractivity contribution is 0.584. The molecule has 0 amide bonds. The number of hydrogen-bond donors (Lipinski definition) is 2. The normalized spacial score (nSPS) is 21.8. The zero-order valence-electron chi connectivity index (χ0n) is 12.5. The van der Waals surface area contributed by atoms with Crippen LogP contribution in [-0.2, 0) is 6.54 Å². The van der Waals surface area contributed by atoms with E-state index in [1.165, 1.54) is 24.2 Å². The Bertz CT molecular complexity index is 458. The van der Waals surface area contributed by atoms with Gasteiger partial charge in [0.05, 0.1) is 0 Å². The van der Waals surface area contributed by atoms with Crippen LogP contribution >= 0.6 is 47.3 Å². The number of nitrogens with zero attached hydrogens (tertiary/aromatic N) is 1. The van der Waals surface area contributed by atoms with Crippen molar-refractivity contribution in [1.82, 2.24) is 10.6 Å². The van der Waals surface area contributed by atoms with Gasteiger partial charge in [-0.3, -0.25) is 4.99 Å². The van der Waals surface area contributed by atoms with E-state index < -0.39 is 0 Å². The molecule has 21 heavy (non-hydrogen) atoms. The molecule has 1 fully saturated rings. The van der Waals surface area contributed by atoms with Crippen LogP contribution in [0, 0.1) is 0 Å². The van der Waals surface area contributed by atoms with Crippen LogP contribution < -0.4 is 10.6 Å². The Morgan fingerprint density at radius 1 is 1.33 bits per heavy atom. The van der Waals surface area contributed by atoms with Crippen molar-refractivity contribution in [2.45, 2.75) is 31.1 Å². The molecule has 0 aromatic heterocycles. The Morgan fingerprint density at radius 3 is 2.62 bits per heavy atom. The maximum atomic E-state index is 5.88. The van der Waals surface area contributed by atoms with Crippen LogP contribution in [-0.4, -0.2) is 30.1 Å². The van der Waals surface area contributed by atoms with Crippen LogP contribution in [0.5, 0.6) is 0 Å². The van der Waals surface area contributed by atoms with Gasteiger partial charge in [-0.05, 0) is 43.2 Å². The lowest BCUT2D eigenvalue weighted by atomic mass is 10.1. The Balaban J connectivity index is 0.00000220. The molecule has 118 valence electrons. The third kappa shape index (κ3) is 6.24. The Morgan fingerprint density at radius 2 is 2.05 bits per heavy atom. The van der Waals surface area contributed by atoms with E-state index in [1.54, 1.807) is 7.05 Å². The van der Waals surface area contributed by atoms with Crippen molar-refractivity contribution in [2.75, 3.05) is 19.3 Å². The van der Waals surface area contributed by atoms with Crippen molar-refractivity contribution >= 4 is 53.3 Å². The highest BCUT2D eigenvalue weighted by atomic mass is 127. The van der Waals surface area contributed by atoms with Crippen molar-refractivity contribution < 1.29 is 0 Å². The van der Waals surface area contributed by atoms with Crippen molar-refractivity contribution in [3.05, 3.63) is 34.9 Å². The molecular weight excluding hydrogens is 417 g/mol. The van der Waals surface area contributed by atoms with Gasteiger partial charge in [-0.15, -0.1) is 24.0 Å². The SMILES string of the molecule is CN=C(NCc1ccc(Cl)cc1)NCC1(C)CCCS1.I. The fourth-order valence-corrected chi connectivity index (χ4v) is 3.63. The summed E-state index contributed by atoms with van der Waals surface area (Å²) in [5, 5.41) is 7.52. The van der Waals surface area contributed by atoms with Gasteiger partial charge in [0.15, 0.2) is 5.96 Å². The molecule has 1 aromatic carbocycles. The molecule has 1 heterocycles. The van der Waals surface area contributed by atoms with Gasteiger partial charge in [-0.25, -0.2) is 0 Å². The third-order valence-corrected chi connectivity index (χ3v) is 5.32. The Labute approximate surface area is 153 Å². The molecule has 6 heteroatoms. The highest BCUT2D eigenvalue weighted by Crippen LogP contribution is 2.36. The maximum Gasteiger partial charge on any atom is 0.191 e. The molecule has 0 radical (unpaired) electrons. The van der Waals surface area contributed by atoms with Gasteiger partial charge in [0.25, 0.3) is 0 Å². The summed E-state index contributed by atoms with van der Waals surface area (Å²) < 4.78 is 0.345. The zero-order chi connectivity index (χ0) is 14.4. The minimum atomic E-state index is 0. The van der Waals surface area contributed by atoms with E-state index >= 15 is 0 Å². The summed E-state index contributed by atoms with van der Waals surface area (Å²) in [7, 11) is 1.81. The number of guanidine groups is 1. The molecule has 1 saturated heterocycles. The van der Waals surface area contributed by atoms with Crippen LogP contribution in [0.4, 0.5) is 0 Å². The fourth-order valence-electron chi connectivity index (χ4n) is 2.26. The summed E-state index contributed by atoms with van der Waals surface area (Å²) in [6.45, 7) is 4.03. The second-order valence-electron chi connectivity index (χ2n) is 5.31. The predicted molar refractivity (Wildman–Crippen MR) is 105 cm³/mol. The van der Waals surface area contributed by atoms with Crippen molar-refractivity contribution in [3.63, 3.8) is 0 Å². The predicted octanol–water partition coefficient (Wildman–Crippen LogP) is 3.91. The van der Waals surface area contributed by atoms with Crippen molar-refractivity contribution in [2.24, 2.45) is 4.99 Å². The van der Waals surface area contributed by atoms with Gasteiger partial charge in [0.1, 0.15) is 0 Å². The molecule has 1 unspecified atom stereocenters. The zero-order valence-corrected chi connectivity index (χ0v) is 16.4. The van der Waals surface area contributed by atoms with Gasteiger partial charge >= 0.3 is 0 Å². The van der Waals surface area contributed by atoms with Gasteiger partial charge in [-0.2, -0.15) is 11.8 Å². The number of aliphatic imine (C=N–C) groups is 1. The molecule has 0 saturated carbocycles. The van der Waals surface area contributed by atoms with E-state index in [1.807, 2.05) is 24.3 Å². The quantitative estimate of drug-likeness (QED) is 0.424. The first-order chi connectivity index (χ1) is 9.61. The summed E-state index contributed by atoms with van der Waals surface area (Å²) in [6.07, 6.45) is 2.60. The molecule has 1 atom stereocenters. The van der Waals surface area contributed by atoms with Gasteiger partial charge in [-0.1, -0.05) is 23.7 Å². The van der Waals surface area contributed by atoms with Crippen LogP contribution in [0.2, 0.25) is 5.02 Å². The summed E-state index contributed by atoms with van der Waals surface area (Å²) in [6, 6.07) is 7.86. The van der Waals surface area contributed by atoms with Gasteiger partial charge in [0, 0.05) is 29.9 Å².